The number of nitrogens with one attached hydrogen (secondary N) is 1. The van der Waals surface area contributed by atoms with E-state index in [9.17, 15) is 0 Å². The first kappa shape index (κ1) is 12.3. The van der Waals surface area contributed by atoms with Crippen molar-refractivity contribution in [1.82, 2.24) is 5.32 Å². The minimum atomic E-state index is 0.360. The maximum Gasteiger partial charge on any atom is 0.0322 e. The molecule has 15 heavy (non-hydrogen) atoms. The first-order valence-corrected chi connectivity index (χ1v) is 5.66. The van der Waals surface area contributed by atoms with Crippen LogP contribution < -0.4 is 5.32 Å². The van der Waals surface area contributed by atoms with Gasteiger partial charge in [0, 0.05) is 6.04 Å². The van der Waals surface area contributed by atoms with Crippen molar-refractivity contribution < 1.29 is 0 Å². The summed E-state index contributed by atoms with van der Waals surface area (Å²) in [6.07, 6.45) is 1.16. The number of hydrogen-bond acceptors (Lipinski definition) is 1. The number of benzene rings is 1. The van der Waals surface area contributed by atoms with E-state index >= 15 is 0 Å². The molecule has 1 heteroatoms. The van der Waals surface area contributed by atoms with Crippen LogP contribution in [0.2, 0.25) is 0 Å². The molecule has 0 aliphatic carbocycles. The molecule has 0 bridgehead atoms. The van der Waals surface area contributed by atoms with Gasteiger partial charge in [0.1, 0.15) is 0 Å². The summed E-state index contributed by atoms with van der Waals surface area (Å²) in [6.45, 7) is 8.98. The van der Waals surface area contributed by atoms with Gasteiger partial charge < -0.3 is 5.32 Å². The molecule has 1 atom stereocenters. The van der Waals surface area contributed by atoms with Crippen molar-refractivity contribution in [1.29, 1.82) is 0 Å². The molecule has 1 N–H and O–H groups in total. The van der Waals surface area contributed by atoms with Gasteiger partial charge in [-0.15, -0.1) is 0 Å². The minimum absolute atomic E-state index is 0.360. The van der Waals surface area contributed by atoms with E-state index in [1.807, 2.05) is 7.05 Å². The summed E-state index contributed by atoms with van der Waals surface area (Å²) < 4.78 is 0. The zero-order valence-electron chi connectivity index (χ0n) is 10.6. The highest BCUT2D eigenvalue weighted by Crippen LogP contribution is 2.29. The third-order valence-corrected chi connectivity index (χ3v) is 2.64. The minimum Gasteiger partial charge on any atom is -0.313 e. The number of rotatable bonds is 3. The molecule has 0 saturated carbocycles. The van der Waals surface area contributed by atoms with E-state index < -0.39 is 0 Å². The second kappa shape index (κ2) is 4.80. The smallest absolute Gasteiger partial charge is 0.0322 e. The normalized spacial score (nSPS) is 13.9. The maximum atomic E-state index is 3.39. The highest BCUT2D eigenvalue weighted by molar-refractivity contribution is 5.24. The van der Waals surface area contributed by atoms with Gasteiger partial charge in [0.15, 0.2) is 0 Å². The summed E-state index contributed by atoms with van der Waals surface area (Å²) in [5.74, 6) is 0. The second-order valence-electron chi connectivity index (χ2n) is 5.52. The Kier molecular flexibility index (Phi) is 3.92. The lowest BCUT2D eigenvalue weighted by Gasteiger charge is -2.26. The largest absolute Gasteiger partial charge is 0.313 e. The zero-order valence-corrected chi connectivity index (χ0v) is 10.6. The van der Waals surface area contributed by atoms with E-state index in [1.165, 1.54) is 11.1 Å². The molecule has 1 aromatic carbocycles. The fourth-order valence-corrected chi connectivity index (χ4v) is 1.80. The Labute approximate surface area is 93.9 Å². The third-order valence-electron chi connectivity index (χ3n) is 2.64. The Morgan fingerprint density at radius 3 is 2.07 bits per heavy atom. The number of hydrogen-bond donors (Lipinski definition) is 1. The van der Waals surface area contributed by atoms with E-state index in [-0.39, 0.29) is 0 Å². The molecule has 0 amide bonds. The van der Waals surface area contributed by atoms with E-state index in [1.54, 1.807) is 0 Å². The van der Waals surface area contributed by atoms with Crippen LogP contribution in [0.3, 0.4) is 0 Å². The summed E-state index contributed by atoms with van der Waals surface area (Å²) >= 11 is 0. The first-order chi connectivity index (χ1) is 6.92. The molecule has 1 aromatic rings. The van der Waals surface area contributed by atoms with Gasteiger partial charge in [0.25, 0.3) is 0 Å². The topological polar surface area (TPSA) is 12.0 Å². The van der Waals surface area contributed by atoms with Crippen LogP contribution in [-0.4, -0.2) is 7.05 Å². The standard InChI is InChI=1S/C14H23N/c1-11-6-8-12(9-7-11)13(15-5)10-14(2,3)4/h6-9,13,15H,10H2,1-5H3. The van der Waals surface area contributed by atoms with Crippen LogP contribution in [0.25, 0.3) is 0 Å². The quantitative estimate of drug-likeness (QED) is 0.793. The SMILES string of the molecule is CNC(CC(C)(C)C)c1ccc(C)cc1. The highest BCUT2D eigenvalue weighted by atomic mass is 14.9. The summed E-state index contributed by atoms with van der Waals surface area (Å²) in [7, 11) is 2.04. The Morgan fingerprint density at radius 2 is 1.67 bits per heavy atom. The van der Waals surface area contributed by atoms with E-state index in [0.717, 1.165) is 6.42 Å². The van der Waals surface area contributed by atoms with Crippen LogP contribution in [0.4, 0.5) is 0 Å². The molecule has 0 aliphatic rings. The Hall–Kier alpha value is -0.820. The van der Waals surface area contributed by atoms with Crippen molar-refractivity contribution in [3.05, 3.63) is 35.4 Å². The molecule has 1 rings (SSSR count). The lowest BCUT2D eigenvalue weighted by Crippen LogP contribution is -2.22. The third kappa shape index (κ3) is 4.05. The van der Waals surface area contributed by atoms with Gasteiger partial charge in [-0.05, 0) is 31.4 Å². The van der Waals surface area contributed by atoms with Gasteiger partial charge in [-0.3, -0.25) is 0 Å². The van der Waals surface area contributed by atoms with Gasteiger partial charge in [-0.25, -0.2) is 0 Å². The molecule has 84 valence electrons. The van der Waals surface area contributed by atoms with Crippen molar-refractivity contribution >= 4 is 0 Å². The Balaban J connectivity index is 2.79. The van der Waals surface area contributed by atoms with Crippen LogP contribution in [0.1, 0.15) is 44.4 Å². The Morgan fingerprint density at radius 1 is 1.13 bits per heavy atom. The van der Waals surface area contributed by atoms with E-state index in [0.29, 0.717) is 11.5 Å². The van der Waals surface area contributed by atoms with Gasteiger partial charge in [-0.2, -0.15) is 0 Å². The molecule has 1 unspecified atom stereocenters. The molecular formula is C14H23N. The predicted octanol–water partition coefficient (Wildman–Crippen LogP) is 3.69. The van der Waals surface area contributed by atoms with Crippen molar-refractivity contribution in [2.45, 2.75) is 40.2 Å². The van der Waals surface area contributed by atoms with E-state index in [4.69, 9.17) is 0 Å². The zero-order chi connectivity index (χ0) is 11.5. The number of aryl methyl sites for hydroxylation is 1. The molecule has 0 radical (unpaired) electrons. The van der Waals surface area contributed by atoms with Crippen LogP contribution in [0.5, 0.6) is 0 Å². The first-order valence-electron chi connectivity index (χ1n) is 5.66. The summed E-state index contributed by atoms with van der Waals surface area (Å²) in [5.41, 5.74) is 3.07. The highest BCUT2D eigenvalue weighted by Gasteiger charge is 2.18. The fraction of sp³-hybridized carbons (Fsp3) is 0.571. The van der Waals surface area contributed by atoms with Crippen LogP contribution in [0.15, 0.2) is 24.3 Å². The van der Waals surface area contributed by atoms with Gasteiger partial charge in [0.2, 0.25) is 0 Å². The Bertz CT molecular complexity index is 292. The molecule has 0 spiro atoms. The van der Waals surface area contributed by atoms with Crippen LogP contribution >= 0.6 is 0 Å². The predicted molar refractivity (Wildman–Crippen MR) is 67.1 cm³/mol. The van der Waals surface area contributed by atoms with Crippen molar-refractivity contribution in [2.24, 2.45) is 5.41 Å². The molecule has 0 aromatic heterocycles. The van der Waals surface area contributed by atoms with Crippen LogP contribution in [0, 0.1) is 12.3 Å². The fourth-order valence-electron chi connectivity index (χ4n) is 1.80. The molecule has 0 heterocycles. The molecule has 1 nitrogen and oxygen atoms in total. The lowest BCUT2D eigenvalue weighted by atomic mass is 9.85. The summed E-state index contributed by atoms with van der Waals surface area (Å²) in [6, 6.07) is 9.28. The second-order valence-corrected chi connectivity index (χ2v) is 5.52. The van der Waals surface area contributed by atoms with Gasteiger partial charge >= 0.3 is 0 Å². The summed E-state index contributed by atoms with van der Waals surface area (Å²) in [4.78, 5) is 0. The van der Waals surface area contributed by atoms with Gasteiger partial charge in [0.05, 0.1) is 0 Å². The molecule has 0 fully saturated rings. The molecular weight excluding hydrogens is 182 g/mol. The maximum absolute atomic E-state index is 3.39. The summed E-state index contributed by atoms with van der Waals surface area (Å²) in [5, 5.41) is 3.39. The van der Waals surface area contributed by atoms with Crippen molar-refractivity contribution in [3.8, 4) is 0 Å². The monoisotopic (exact) mass is 205 g/mol. The van der Waals surface area contributed by atoms with Crippen LogP contribution in [-0.2, 0) is 0 Å². The van der Waals surface area contributed by atoms with Crippen molar-refractivity contribution in [2.75, 3.05) is 7.05 Å². The van der Waals surface area contributed by atoms with Gasteiger partial charge in [-0.1, -0.05) is 50.6 Å². The average molecular weight is 205 g/mol. The average Bonchev–Trinajstić information content (AvgIpc) is 2.14. The molecule has 0 saturated heterocycles. The lowest BCUT2D eigenvalue weighted by molar-refractivity contribution is 0.321. The van der Waals surface area contributed by atoms with E-state index in [2.05, 4.69) is 57.3 Å². The molecule has 0 aliphatic heterocycles. The van der Waals surface area contributed by atoms with Crippen molar-refractivity contribution in [3.63, 3.8) is 0 Å².